The van der Waals surface area contributed by atoms with Gasteiger partial charge >= 0.3 is 6.03 Å². The van der Waals surface area contributed by atoms with Crippen molar-refractivity contribution >= 4 is 45.3 Å². The highest BCUT2D eigenvalue weighted by molar-refractivity contribution is 7.99. The topological polar surface area (TPSA) is 93.1 Å². The van der Waals surface area contributed by atoms with Gasteiger partial charge in [-0.05, 0) is 44.6 Å². The standard InChI is InChI=1S/C20H28N4O3S2/c1-3-5-8-11-24-18(26)16-13-9-6-7-10-14(13)29-17(16)23-20(24)28-12-15(25)22-19(27)21-4-2/h3-12H2,1-2H3,(H2,21,22,25,27). The fraction of sp³-hybridized carbons (Fsp3) is 0.600. The van der Waals surface area contributed by atoms with Crippen LogP contribution in [0.25, 0.3) is 10.2 Å². The predicted octanol–water partition coefficient (Wildman–Crippen LogP) is 3.46. The molecule has 0 aromatic carbocycles. The van der Waals surface area contributed by atoms with Gasteiger partial charge in [-0.2, -0.15) is 0 Å². The van der Waals surface area contributed by atoms with Gasteiger partial charge in [0.05, 0.1) is 11.1 Å². The lowest BCUT2D eigenvalue weighted by Gasteiger charge is -2.13. The number of thiophene rings is 1. The molecule has 0 saturated heterocycles. The number of aromatic nitrogens is 2. The van der Waals surface area contributed by atoms with Crippen molar-refractivity contribution in [2.24, 2.45) is 0 Å². The second-order valence-electron chi connectivity index (χ2n) is 7.15. The Morgan fingerprint density at radius 1 is 1.21 bits per heavy atom. The van der Waals surface area contributed by atoms with Crippen LogP contribution in [0.2, 0.25) is 0 Å². The van der Waals surface area contributed by atoms with Crippen molar-refractivity contribution in [3.05, 3.63) is 20.8 Å². The number of thioether (sulfide) groups is 1. The van der Waals surface area contributed by atoms with Crippen molar-refractivity contribution in [3.8, 4) is 0 Å². The van der Waals surface area contributed by atoms with Crippen LogP contribution >= 0.6 is 23.1 Å². The van der Waals surface area contributed by atoms with E-state index >= 15 is 0 Å². The molecule has 0 unspecified atom stereocenters. The van der Waals surface area contributed by atoms with Crippen LogP contribution in [0.5, 0.6) is 0 Å². The zero-order valence-electron chi connectivity index (χ0n) is 17.0. The average Bonchev–Trinajstić information content (AvgIpc) is 3.07. The van der Waals surface area contributed by atoms with Crippen LogP contribution < -0.4 is 16.2 Å². The van der Waals surface area contributed by atoms with Crippen LogP contribution in [0.1, 0.15) is 56.4 Å². The highest BCUT2D eigenvalue weighted by Crippen LogP contribution is 2.34. The van der Waals surface area contributed by atoms with Crippen LogP contribution in [0.4, 0.5) is 4.79 Å². The minimum atomic E-state index is -0.507. The maximum Gasteiger partial charge on any atom is 0.321 e. The Bertz CT molecular complexity index is 951. The smallest absolute Gasteiger partial charge is 0.321 e. The van der Waals surface area contributed by atoms with E-state index in [-0.39, 0.29) is 11.3 Å². The van der Waals surface area contributed by atoms with Gasteiger partial charge in [-0.25, -0.2) is 9.78 Å². The summed E-state index contributed by atoms with van der Waals surface area (Å²) in [5.74, 6) is -0.366. The van der Waals surface area contributed by atoms with Gasteiger partial charge in [-0.1, -0.05) is 31.5 Å². The molecule has 158 valence electrons. The fourth-order valence-electron chi connectivity index (χ4n) is 3.54. The molecule has 2 aromatic heterocycles. The van der Waals surface area contributed by atoms with E-state index in [4.69, 9.17) is 4.98 Å². The van der Waals surface area contributed by atoms with E-state index < -0.39 is 11.9 Å². The third-order valence-corrected chi connectivity index (χ3v) is 7.11. The molecule has 9 heteroatoms. The van der Waals surface area contributed by atoms with Crippen molar-refractivity contribution in [3.63, 3.8) is 0 Å². The quantitative estimate of drug-likeness (QED) is 0.375. The van der Waals surface area contributed by atoms with Crippen molar-refractivity contribution in [2.75, 3.05) is 12.3 Å². The second kappa shape index (κ2) is 10.2. The molecule has 2 N–H and O–H groups in total. The van der Waals surface area contributed by atoms with Crippen LogP contribution in [0, 0.1) is 0 Å². The molecule has 0 radical (unpaired) electrons. The Labute approximate surface area is 178 Å². The molecule has 0 spiro atoms. The van der Waals surface area contributed by atoms with E-state index in [2.05, 4.69) is 17.6 Å². The largest absolute Gasteiger partial charge is 0.338 e. The molecule has 0 atom stereocenters. The van der Waals surface area contributed by atoms with Crippen LogP contribution in [-0.4, -0.2) is 33.8 Å². The number of rotatable bonds is 8. The minimum absolute atomic E-state index is 0.0112. The van der Waals surface area contributed by atoms with Gasteiger partial charge < -0.3 is 5.32 Å². The first kappa shape index (κ1) is 21.8. The number of carbonyl (C=O) groups is 2. The summed E-state index contributed by atoms with van der Waals surface area (Å²) in [6.07, 6.45) is 7.24. The Morgan fingerprint density at radius 2 is 2.00 bits per heavy atom. The lowest BCUT2D eigenvalue weighted by molar-refractivity contribution is -0.117. The number of aryl methyl sites for hydroxylation is 2. The molecule has 3 rings (SSSR count). The molecular weight excluding hydrogens is 408 g/mol. The number of unbranched alkanes of at least 4 members (excludes halogenated alkanes) is 2. The molecule has 0 aliphatic heterocycles. The van der Waals surface area contributed by atoms with Crippen LogP contribution in [0.15, 0.2) is 9.95 Å². The maximum absolute atomic E-state index is 13.3. The van der Waals surface area contributed by atoms with Crippen LogP contribution in [0.3, 0.4) is 0 Å². The summed E-state index contributed by atoms with van der Waals surface area (Å²) in [4.78, 5) is 43.8. The zero-order valence-corrected chi connectivity index (χ0v) is 18.6. The second-order valence-corrected chi connectivity index (χ2v) is 9.17. The number of hydrogen-bond donors (Lipinski definition) is 2. The van der Waals surface area contributed by atoms with Crippen molar-refractivity contribution in [2.45, 2.75) is 70.5 Å². The number of fused-ring (bicyclic) bond motifs is 3. The summed E-state index contributed by atoms with van der Waals surface area (Å²) in [7, 11) is 0. The lowest BCUT2D eigenvalue weighted by atomic mass is 9.97. The highest BCUT2D eigenvalue weighted by Gasteiger charge is 2.22. The van der Waals surface area contributed by atoms with Crippen molar-refractivity contribution in [1.29, 1.82) is 0 Å². The summed E-state index contributed by atoms with van der Waals surface area (Å²) in [5, 5.41) is 6.16. The van der Waals surface area contributed by atoms with Gasteiger partial charge in [0.25, 0.3) is 5.56 Å². The number of urea groups is 1. The number of imide groups is 1. The summed E-state index contributed by atoms with van der Waals surface area (Å²) in [6.45, 7) is 4.96. The van der Waals surface area contributed by atoms with Gasteiger partial charge in [-0.15, -0.1) is 11.3 Å². The predicted molar refractivity (Wildman–Crippen MR) is 118 cm³/mol. The molecule has 29 heavy (non-hydrogen) atoms. The van der Waals surface area contributed by atoms with Crippen molar-refractivity contribution < 1.29 is 9.59 Å². The van der Waals surface area contributed by atoms with Gasteiger partial charge in [0.2, 0.25) is 5.91 Å². The zero-order chi connectivity index (χ0) is 20.8. The minimum Gasteiger partial charge on any atom is -0.338 e. The molecule has 0 fully saturated rings. The summed E-state index contributed by atoms with van der Waals surface area (Å²) < 4.78 is 1.73. The summed E-state index contributed by atoms with van der Waals surface area (Å²) >= 11 is 2.83. The van der Waals surface area contributed by atoms with E-state index in [1.807, 2.05) is 0 Å². The molecule has 1 aliphatic rings. The Balaban J connectivity index is 1.88. The van der Waals surface area contributed by atoms with E-state index in [1.54, 1.807) is 22.8 Å². The van der Waals surface area contributed by atoms with Gasteiger partial charge in [0, 0.05) is 18.0 Å². The Morgan fingerprint density at radius 3 is 2.76 bits per heavy atom. The molecule has 2 heterocycles. The maximum atomic E-state index is 13.3. The monoisotopic (exact) mass is 436 g/mol. The third-order valence-electron chi connectivity index (χ3n) is 4.95. The number of amides is 3. The first-order chi connectivity index (χ1) is 14.0. The van der Waals surface area contributed by atoms with E-state index in [0.29, 0.717) is 18.2 Å². The van der Waals surface area contributed by atoms with Crippen molar-refractivity contribution in [1.82, 2.24) is 20.2 Å². The number of nitrogens with zero attached hydrogens (tertiary/aromatic N) is 2. The Hall–Kier alpha value is -1.87. The molecule has 2 aromatic rings. The molecule has 0 bridgehead atoms. The number of nitrogens with one attached hydrogen (secondary N) is 2. The number of hydrogen-bond acceptors (Lipinski definition) is 6. The van der Waals surface area contributed by atoms with Gasteiger partial charge in [-0.3, -0.25) is 19.5 Å². The molecule has 0 saturated carbocycles. The van der Waals surface area contributed by atoms with Gasteiger partial charge in [0.1, 0.15) is 4.83 Å². The highest BCUT2D eigenvalue weighted by atomic mass is 32.2. The molecule has 7 nitrogen and oxygen atoms in total. The normalized spacial score (nSPS) is 13.3. The SMILES string of the molecule is CCCCCn1c(SCC(=O)NC(=O)NCC)nc2sc3c(c2c1=O)CCCC3. The lowest BCUT2D eigenvalue weighted by Crippen LogP contribution is -2.40. The fourth-order valence-corrected chi connectivity index (χ4v) is 5.67. The first-order valence-corrected chi connectivity index (χ1v) is 12.1. The van der Waals surface area contributed by atoms with E-state index in [0.717, 1.165) is 55.2 Å². The van der Waals surface area contributed by atoms with E-state index in [1.165, 1.54) is 22.2 Å². The Kier molecular flexibility index (Phi) is 7.71. The first-order valence-electron chi connectivity index (χ1n) is 10.3. The molecule has 3 amide bonds. The summed E-state index contributed by atoms with van der Waals surface area (Å²) in [5.41, 5.74) is 1.20. The average molecular weight is 437 g/mol. The van der Waals surface area contributed by atoms with Crippen LogP contribution in [-0.2, 0) is 24.2 Å². The summed E-state index contributed by atoms with van der Waals surface area (Å²) in [6, 6.07) is -0.507. The molecular formula is C20H28N4O3S2. The number of carbonyl (C=O) groups excluding carboxylic acids is 2. The third kappa shape index (κ3) is 5.19. The van der Waals surface area contributed by atoms with E-state index in [9.17, 15) is 14.4 Å². The molecule has 1 aliphatic carbocycles. The van der Waals surface area contributed by atoms with Gasteiger partial charge in [0.15, 0.2) is 5.16 Å².